The fraction of sp³-hybridized carbons (Fsp3) is 0.316. The highest BCUT2D eigenvalue weighted by Crippen LogP contribution is 2.18. The van der Waals surface area contributed by atoms with Gasteiger partial charge >= 0.3 is 0 Å². The van der Waals surface area contributed by atoms with E-state index in [0.29, 0.717) is 26.3 Å². The van der Waals surface area contributed by atoms with Crippen LogP contribution in [0.2, 0.25) is 0 Å². The average Bonchev–Trinajstić information content (AvgIpc) is 2.62. The lowest BCUT2D eigenvalue weighted by atomic mass is 10.1. The lowest BCUT2D eigenvalue weighted by molar-refractivity contribution is -0.135. The lowest BCUT2D eigenvalue weighted by Crippen LogP contribution is -2.47. The molecule has 0 bridgehead atoms. The van der Waals surface area contributed by atoms with Crippen molar-refractivity contribution < 1.29 is 18.7 Å². The van der Waals surface area contributed by atoms with E-state index in [9.17, 15) is 9.18 Å². The van der Waals surface area contributed by atoms with Crippen molar-refractivity contribution in [2.75, 3.05) is 19.7 Å². The Morgan fingerprint density at radius 3 is 2.80 bits per heavy atom. The van der Waals surface area contributed by atoms with Gasteiger partial charge in [-0.2, -0.15) is 0 Å². The molecule has 2 aromatic rings. The molecule has 2 N–H and O–H groups in total. The van der Waals surface area contributed by atoms with Crippen LogP contribution >= 0.6 is 0 Å². The van der Waals surface area contributed by atoms with Gasteiger partial charge in [0.05, 0.1) is 6.61 Å². The van der Waals surface area contributed by atoms with Crippen LogP contribution in [0.4, 0.5) is 4.39 Å². The van der Waals surface area contributed by atoms with Gasteiger partial charge in [0.25, 0.3) is 0 Å². The number of primary amides is 1. The summed E-state index contributed by atoms with van der Waals surface area (Å²) < 4.78 is 24.1. The maximum absolute atomic E-state index is 12.9. The Balaban J connectivity index is 1.57. The number of ether oxygens (including phenoxy) is 2. The van der Waals surface area contributed by atoms with E-state index in [-0.39, 0.29) is 5.82 Å². The van der Waals surface area contributed by atoms with Crippen LogP contribution in [0.3, 0.4) is 0 Å². The Hall–Kier alpha value is -2.44. The van der Waals surface area contributed by atoms with Gasteiger partial charge in [0.2, 0.25) is 5.91 Å². The molecule has 6 heteroatoms. The number of hydrogen-bond acceptors (Lipinski definition) is 4. The van der Waals surface area contributed by atoms with E-state index < -0.39 is 12.0 Å². The normalized spacial score (nSPS) is 18.0. The molecule has 0 aliphatic carbocycles. The highest BCUT2D eigenvalue weighted by atomic mass is 19.1. The van der Waals surface area contributed by atoms with Crippen LogP contribution < -0.4 is 10.5 Å². The molecule has 0 spiro atoms. The average molecular weight is 344 g/mol. The number of carbonyl (C=O) groups is 1. The fourth-order valence-electron chi connectivity index (χ4n) is 2.76. The van der Waals surface area contributed by atoms with Gasteiger partial charge in [-0.3, -0.25) is 9.69 Å². The molecule has 1 saturated heterocycles. The van der Waals surface area contributed by atoms with Crippen molar-refractivity contribution >= 4 is 5.91 Å². The molecule has 1 heterocycles. The Labute approximate surface area is 146 Å². The van der Waals surface area contributed by atoms with E-state index in [2.05, 4.69) is 4.90 Å². The van der Waals surface area contributed by atoms with Crippen molar-refractivity contribution in [1.82, 2.24) is 4.90 Å². The predicted octanol–water partition coefficient (Wildman–Crippen LogP) is 2.09. The summed E-state index contributed by atoms with van der Waals surface area (Å²) in [6, 6.07) is 14.1. The van der Waals surface area contributed by atoms with Crippen LogP contribution in [-0.4, -0.2) is 36.6 Å². The number of amides is 1. The van der Waals surface area contributed by atoms with E-state index in [4.69, 9.17) is 15.2 Å². The Kier molecular flexibility index (Phi) is 5.63. The minimum atomic E-state index is -0.549. The van der Waals surface area contributed by atoms with Gasteiger partial charge in [-0.1, -0.05) is 24.3 Å². The highest BCUT2D eigenvalue weighted by Gasteiger charge is 2.24. The first-order valence-electron chi connectivity index (χ1n) is 8.19. The SMILES string of the molecule is NC(=O)[C@@H]1CN(Cc2cccc(OCc3ccc(F)cc3)c2)CCO1. The second-order valence-electron chi connectivity index (χ2n) is 6.06. The number of nitrogens with zero attached hydrogens (tertiary/aromatic N) is 1. The molecular weight excluding hydrogens is 323 g/mol. The van der Waals surface area contributed by atoms with Crippen LogP contribution in [-0.2, 0) is 22.7 Å². The number of carbonyl (C=O) groups excluding carboxylic acids is 1. The molecule has 132 valence electrons. The number of hydrogen-bond donors (Lipinski definition) is 1. The lowest BCUT2D eigenvalue weighted by Gasteiger charge is -2.31. The first kappa shape index (κ1) is 17.4. The molecule has 0 radical (unpaired) electrons. The van der Waals surface area contributed by atoms with Gasteiger partial charge in [0.1, 0.15) is 24.3 Å². The second kappa shape index (κ2) is 8.09. The maximum Gasteiger partial charge on any atom is 0.247 e. The van der Waals surface area contributed by atoms with Gasteiger partial charge in [-0.15, -0.1) is 0 Å². The topological polar surface area (TPSA) is 64.8 Å². The van der Waals surface area contributed by atoms with E-state index >= 15 is 0 Å². The van der Waals surface area contributed by atoms with Crippen molar-refractivity contribution in [1.29, 1.82) is 0 Å². The van der Waals surface area contributed by atoms with Gasteiger partial charge in [0.15, 0.2) is 0 Å². The molecule has 0 unspecified atom stereocenters. The number of halogens is 1. The minimum absolute atomic E-state index is 0.259. The molecule has 2 aromatic carbocycles. The molecule has 1 atom stereocenters. The second-order valence-corrected chi connectivity index (χ2v) is 6.06. The number of morpholine rings is 1. The monoisotopic (exact) mass is 344 g/mol. The van der Waals surface area contributed by atoms with Crippen molar-refractivity contribution in [2.45, 2.75) is 19.3 Å². The summed E-state index contributed by atoms with van der Waals surface area (Å²) in [7, 11) is 0. The summed E-state index contributed by atoms with van der Waals surface area (Å²) >= 11 is 0. The molecule has 1 aliphatic rings. The zero-order chi connectivity index (χ0) is 17.6. The van der Waals surface area contributed by atoms with E-state index in [0.717, 1.165) is 23.4 Å². The largest absolute Gasteiger partial charge is 0.489 e. The number of benzene rings is 2. The summed E-state index contributed by atoms with van der Waals surface area (Å²) in [5.41, 5.74) is 7.31. The Morgan fingerprint density at radius 2 is 2.04 bits per heavy atom. The third-order valence-corrected chi connectivity index (χ3v) is 4.09. The third-order valence-electron chi connectivity index (χ3n) is 4.09. The zero-order valence-corrected chi connectivity index (χ0v) is 13.9. The van der Waals surface area contributed by atoms with Crippen LogP contribution in [0.25, 0.3) is 0 Å². The van der Waals surface area contributed by atoms with Gasteiger partial charge in [0, 0.05) is 19.6 Å². The van der Waals surface area contributed by atoms with Gasteiger partial charge in [-0.05, 0) is 35.4 Å². The third kappa shape index (κ3) is 5.01. The number of nitrogens with two attached hydrogens (primary N) is 1. The molecule has 3 rings (SSSR count). The molecule has 25 heavy (non-hydrogen) atoms. The Morgan fingerprint density at radius 1 is 1.24 bits per heavy atom. The maximum atomic E-state index is 12.9. The number of rotatable bonds is 6. The van der Waals surface area contributed by atoms with E-state index in [1.54, 1.807) is 12.1 Å². The smallest absolute Gasteiger partial charge is 0.247 e. The molecule has 0 aromatic heterocycles. The summed E-state index contributed by atoms with van der Waals surface area (Å²) in [5.74, 6) is 0.0631. The molecule has 1 fully saturated rings. The minimum Gasteiger partial charge on any atom is -0.489 e. The van der Waals surface area contributed by atoms with Crippen LogP contribution in [0.5, 0.6) is 5.75 Å². The van der Waals surface area contributed by atoms with Gasteiger partial charge < -0.3 is 15.2 Å². The zero-order valence-electron chi connectivity index (χ0n) is 13.9. The van der Waals surface area contributed by atoms with Crippen LogP contribution in [0, 0.1) is 5.82 Å². The summed E-state index contributed by atoms with van der Waals surface area (Å²) in [4.78, 5) is 13.4. The molecule has 5 nitrogen and oxygen atoms in total. The summed E-state index contributed by atoms with van der Waals surface area (Å²) in [6.45, 7) is 2.82. The fourth-order valence-corrected chi connectivity index (χ4v) is 2.76. The summed E-state index contributed by atoms with van der Waals surface area (Å²) in [6.07, 6.45) is -0.549. The van der Waals surface area contributed by atoms with Crippen LogP contribution in [0.15, 0.2) is 48.5 Å². The van der Waals surface area contributed by atoms with Crippen molar-refractivity contribution in [3.63, 3.8) is 0 Å². The van der Waals surface area contributed by atoms with Crippen LogP contribution in [0.1, 0.15) is 11.1 Å². The van der Waals surface area contributed by atoms with E-state index in [1.807, 2.05) is 24.3 Å². The molecule has 1 aliphatic heterocycles. The predicted molar refractivity (Wildman–Crippen MR) is 91.4 cm³/mol. The molecule has 0 saturated carbocycles. The van der Waals surface area contributed by atoms with Crippen molar-refractivity contribution in [3.05, 3.63) is 65.5 Å². The first-order chi connectivity index (χ1) is 12.1. The van der Waals surface area contributed by atoms with Crippen molar-refractivity contribution in [2.24, 2.45) is 5.73 Å². The first-order valence-corrected chi connectivity index (χ1v) is 8.19. The van der Waals surface area contributed by atoms with Gasteiger partial charge in [-0.25, -0.2) is 4.39 Å². The quantitative estimate of drug-likeness (QED) is 0.871. The molecular formula is C19H21FN2O3. The standard InChI is InChI=1S/C19H21FN2O3/c20-16-6-4-14(5-7-16)13-25-17-3-1-2-15(10-17)11-22-8-9-24-18(12-22)19(21)23/h1-7,10,18H,8-9,11-13H2,(H2,21,23)/t18-/m0/s1. The Bertz CT molecular complexity index is 721. The van der Waals surface area contributed by atoms with Crippen molar-refractivity contribution in [3.8, 4) is 5.75 Å². The highest BCUT2D eigenvalue weighted by molar-refractivity contribution is 5.79. The van der Waals surface area contributed by atoms with E-state index in [1.165, 1.54) is 12.1 Å². The molecule has 1 amide bonds. The summed E-state index contributed by atoms with van der Waals surface area (Å²) in [5, 5.41) is 0.